The molecule has 0 rings (SSSR count). The van der Waals surface area contributed by atoms with Gasteiger partial charge in [0, 0.05) is 10.5 Å². The van der Waals surface area contributed by atoms with Crippen LogP contribution in [-0.2, 0) is 0 Å². The van der Waals surface area contributed by atoms with Crippen molar-refractivity contribution < 1.29 is 5.11 Å². The van der Waals surface area contributed by atoms with E-state index in [1.54, 1.807) is 18.8 Å². The van der Waals surface area contributed by atoms with Crippen LogP contribution in [0.4, 0.5) is 0 Å². The first-order valence-electron chi connectivity index (χ1n) is 4.84. The van der Waals surface area contributed by atoms with E-state index in [-0.39, 0.29) is 11.9 Å². The van der Waals surface area contributed by atoms with E-state index in [0.29, 0.717) is 5.25 Å². The standard InChI is InChI=1S/C10H20N2OS/c1-8(14-9(2)6-13)5-10(3,7-11)12-4/h8-9,12-13H,5-6H2,1-4H3. The van der Waals surface area contributed by atoms with Gasteiger partial charge in [-0.15, -0.1) is 0 Å². The van der Waals surface area contributed by atoms with Crippen molar-refractivity contribution in [2.24, 2.45) is 0 Å². The number of aliphatic hydroxyl groups excluding tert-OH is 1. The number of aliphatic hydroxyl groups is 1. The topological polar surface area (TPSA) is 56.0 Å². The molecular weight excluding hydrogens is 196 g/mol. The molecule has 0 aromatic rings. The summed E-state index contributed by atoms with van der Waals surface area (Å²) in [5.41, 5.74) is -0.457. The van der Waals surface area contributed by atoms with Crippen LogP contribution in [0.25, 0.3) is 0 Å². The van der Waals surface area contributed by atoms with Gasteiger partial charge in [-0.3, -0.25) is 0 Å². The first-order chi connectivity index (χ1) is 6.47. The zero-order chi connectivity index (χ0) is 11.2. The Balaban J connectivity index is 4.05. The maximum Gasteiger partial charge on any atom is 0.104 e. The van der Waals surface area contributed by atoms with Crippen molar-refractivity contribution in [3.63, 3.8) is 0 Å². The maximum atomic E-state index is 8.95. The Bertz CT molecular complexity index is 205. The van der Waals surface area contributed by atoms with Crippen LogP contribution < -0.4 is 5.32 Å². The fourth-order valence-electron chi connectivity index (χ4n) is 1.27. The molecule has 2 N–H and O–H groups in total. The predicted octanol–water partition coefficient (Wildman–Crippen LogP) is 1.38. The van der Waals surface area contributed by atoms with Crippen LogP contribution in [0, 0.1) is 11.3 Å². The van der Waals surface area contributed by atoms with Gasteiger partial charge in [0.15, 0.2) is 0 Å². The SMILES string of the molecule is CNC(C)(C#N)CC(C)SC(C)CO. The van der Waals surface area contributed by atoms with Gasteiger partial charge in [-0.05, 0) is 20.4 Å². The summed E-state index contributed by atoms with van der Waals surface area (Å²) in [5.74, 6) is 0. The summed E-state index contributed by atoms with van der Waals surface area (Å²) in [4.78, 5) is 0. The van der Waals surface area contributed by atoms with Gasteiger partial charge in [0.2, 0.25) is 0 Å². The van der Waals surface area contributed by atoms with E-state index < -0.39 is 5.54 Å². The third-order valence-corrected chi connectivity index (χ3v) is 3.46. The van der Waals surface area contributed by atoms with Crippen molar-refractivity contribution in [3.05, 3.63) is 0 Å². The average Bonchev–Trinajstić information content (AvgIpc) is 2.17. The molecule has 0 saturated carbocycles. The fourth-order valence-corrected chi connectivity index (χ4v) is 2.58. The molecule has 82 valence electrons. The lowest BCUT2D eigenvalue weighted by atomic mass is 9.98. The minimum atomic E-state index is -0.457. The van der Waals surface area contributed by atoms with Crippen LogP contribution in [0.2, 0.25) is 0 Å². The Hall–Kier alpha value is -0.240. The van der Waals surface area contributed by atoms with Gasteiger partial charge in [-0.25, -0.2) is 0 Å². The van der Waals surface area contributed by atoms with Gasteiger partial charge < -0.3 is 10.4 Å². The summed E-state index contributed by atoms with van der Waals surface area (Å²) in [6.07, 6.45) is 0.787. The number of hydrogen-bond acceptors (Lipinski definition) is 4. The third-order valence-electron chi connectivity index (χ3n) is 2.22. The molecule has 14 heavy (non-hydrogen) atoms. The van der Waals surface area contributed by atoms with Gasteiger partial charge in [-0.2, -0.15) is 17.0 Å². The molecule has 0 saturated heterocycles. The summed E-state index contributed by atoms with van der Waals surface area (Å²) in [5, 5.41) is 21.5. The molecule has 0 aromatic heterocycles. The Morgan fingerprint density at radius 3 is 2.43 bits per heavy atom. The smallest absolute Gasteiger partial charge is 0.104 e. The highest BCUT2D eigenvalue weighted by Crippen LogP contribution is 2.24. The molecule has 3 unspecified atom stereocenters. The number of rotatable bonds is 6. The first kappa shape index (κ1) is 13.8. The number of nitriles is 1. The second-order valence-corrected chi connectivity index (χ2v) is 5.72. The molecule has 4 heteroatoms. The van der Waals surface area contributed by atoms with E-state index in [4.69, 9.17) is 10.4 Å². The van der Waals surface area contributed by atoms with Crippen molar-refractivity contribution in [2.45, 2.75) is 43.2 Å². The van der Waals surface area contributed by atoms with Crippen molar-refractivity contribution >= 4 is 11.8 Å². The molecule has 0 aromatic carbocycles. The van der Waals surface area contributed by atoms with Crippen LogP contribution in [-0.4, -0.2) is 34.8 Å². The molecular formula is C10H20N2OS. The van der Waals surface area contributed by atoms with Crippen molar-refractivity contribution in [3.8, 4) is 6.07 Å². The minimum absolute atomic E-state index is 0.192. The highest BCUT2D eigenvalue weighted by atomic mass is 32.2. The lowest BCUT2D eigenvalue weighted by Gasteiger charge is -2.25. The van der Waals surface area contributed by atoms with Gasteiger partial charge in [0.1, 0.15) is 5.54 Å². The van der Waals surface area contributed by atoms with Crippen molar-refractivity contribution in [1.29, 1.82) is 5.26 Å². The second-order valence-electron chi connectivity index (χ2n) is 3.84. The molecule has 0 aliphatic carbocycles. The molecule has 3 nitrogen and oxygen atoms in total. The maximum absolute atomic E-state index is 8.95. The number of nitrogens with one attached hydrogen (secondary N) is 1. The van der Waals surface area contributed by atoms with Crippen LogP contribution in [0.5, 0.6) is 0 Å². The quantitative estimate of drug-likeness (QED) is 0.704. The Labute approximate surface area is 90.9 Å². The summed E-state index contributed by atoms with van der Waals surface area (Å²) in [7, 11) is 1.80. The van der Waals surface area contributed by atoms with E-state index in [9.17, 15) is 0 Å². The third kappa shape index (κ3) is 4.85. The van der Waals surface area contributed by atoms with Crippen LogP contribution >= 0.6 is 11.8 Å². The normalized spacial score (nSPS) is 19.4. The lowest BCUT2D eigenvalue weighted by molar-refractivity contribution is 0.299. The lowest BCUT2D eigenvalue weighted by Crippen LogP contribution is -2.40. The monoisotopic (exact) mass is 216 g/mol. The Morgan fingerprint density at radius 1 is 1.50 bits per heavy atom. The van der Waals surface area contributed by atoms with E-state index in [1.807, 2.05) is 13.8 Å². The van der Waals surface area contributed by atoms with E-state index >= 15 is 0 Å². The molecule has 0 bridgehead atoms. The summed E-state index contributed by atoms with van der Waals surface area (Å²) in [6, 6.07) is 2.26. The zero-order valence-electron chi connectivity index (χ0n) is 9.37. The van der Waals surface area contributed by atoms with E-state index in [0.717, 1.165) is 6.42 Å². The molecule has 0 aliphatic heterocycles. The Kier molecular flexibility index (Phi) is 6.17. The molecule has 3 atom stereocenters. The molecule has 0 amide bonds. The highest BCUT2D eigenvalue weighted by Gasteiger charge is 2.24. The number of hydrogen-bond donors (Lipinski definition) is 2. The molecule has 0 spiro atoms. The molecule has 0 aliphatic rings. The molecule has 0 radical (unpaired) electrons. The summed E-state index contributed by atoms with van der Waals surface area (Å²) < 4.78 is 0. The van der Waals surface area contributed by atoms with Crippen molar-refractivity contribution in [1.82, 2.24) is 5.32 Å². The van der Waals surface area contributed by atoms with Crippen LogP contribution in [0.3, 0.4) is 0 Å². The highest BCUT2D eigenvalue weighted by molar-refractivity contribution is 8.00. The minimum Gasteiger partial charge on any atom is -0.395 e. The van der Waals surface area contributed by atoms with Gasteiger partial charge >= 0.3 is 0 Å². The zero-order valence-corrected chi connectivity index (χ0v) is 10.2. The van der Waals surface area contributed by atoms with Gasteiger partial charge in [0.05, 0.1) is 12.7 Å². The average molecular weight is 216 g/mol. The summed E-state index contributed by atoms with van der Waals surface area (Å²) >= 11 is 1.72. The van der Waals surface area contributed by atoms with E-state index in [2.05, 4.69) is 18.3 Å². The van der Waals surface area contributed by atoms with Gasteiger partial charge in [0.25, 0.3) is 0 Å². The molecule has 0 heterocycles. The fraction of sp³-hybridized carbons (Fsp3) is 0.900. The predicted molar refractivity (Wildman–Crippen MR) is 61.3 cm³/mol. The van der Waals surface area contributed by atoms with Gasteiger partial charge in [-0.1, -0.05) is 13.8 Å². The summed E-state index contributed by atoms with van der Waals surface area (Å²) in [6.45, 7) is 6.17. The first-order valence-corrected chi connectivity index (χ1v) is 5.78. The largest absolute Gasteiger partial charge is 0.395 e. The van der Waals surface area contributed by atoms with Crippen LogP contribution in [0.15, 0.2) is 0 Å². The van der Waals surface area contributed by atoms with Crippen molar-refractivity contribution in [2.75, 3.05) is 13.7 Å². The Morgan fingerprint density at radius 2 is 2.07 bits per heavy atom. The second kappa shape index (κ2) is 6.28. The molecule has 0 fully saturated rings. The van der Waals surface area contributed by atoms with E-state index in [1.165, 1.54) is 0 Å². The number of thioether (sulfide) groups is 1. The number of nitrogens with zero attached hydrogens (tertiary/aromatic N) is 1. The van der Waals surface area contributed by atoms with Crippen LogP contribution in [0.1, 0.15) is 27.2 Å².